The molecule has 2 aromatic heterocycles. The summed E-state index contributed by atoms with van der Waals surface area (Å²) in [6.07, 6.45) is 3.55. The summed E-state index contributed by atoms with van der Waals surface area (Å²) in [6, 6.07) is 4.84. The average molecular weight is 575 g/mol. The Morgan fingerprint density at radius 3 is 2.16 bits per heavy atom. The lowest BCUT2D eigenvalue weighted by molar-refractivity contribution is -0.0555. The fourth-order valence-electron chi connectivity index (χ4n) is 4.15. The van der Waals surface area contributed by atoms with Crippen molar-refractivity contribution in [1.82, 2.24) is 19.6 Å². The first-order chi connectivity index (χ1) is 17.3. The smallest absolute Gasteiger partial charge is 0.219 e. The molecule has 1 fully saturated rings. The number of aromatic nitrogens is 4. The fourth-order valence-corrected chi connectivity index (χ4v) is 7.01. The number of imidazole rings is 1. The van der Waals surface area contributed by atoms with Crippen LogP contribution in [-0.4, -0.2) is 61.3 Å². The van der Waals surface area contributed by atoms with Crippen LogP contribution in [0.4, 0.5) is 0 Å². The molecule has 0 aliphatic carbocycles. The van der Waals surface area contributed by atoms with Crippen molar-refractivity contribution in [3.63, 3.8) is 0 Å². The van der Waals surface area contributed by atoms with Crippen LogP contribution in [0.1, 0.15) is 54.2 Å². The highest BCUT2D eigenvalue weighted by molar-refractivity contribution is 7.98. The largest absolute Gasteiger partial charge is 0.414 e. The number of nitrogens with zero attached hydrogens (tertiary/aromatic N) is 6. The summed E-state index contributed by atoms with van der Waals surface area (Å²) in [5.41, 5.74) is -2.18. The van der Waals surface area contributed by atoms with Gasteiger partial charge in [0.2, 0.25) is 5.60 Å². The minimum atomic E-state index is -2.39. The first kappa shape index (κ1) is 30.7. The van der Waals surface area contributed by atoms with Crippen molar-refractivity contribution >= 4 is 34.0 Å². The maximum absolute atomic E-state index is 10.8. The molecule has 0 radical (unpaired) electrons. The zero-order chi connectivity index (χ0) is 28.9. The molecule has 0 saturated carbocycles. The van der Waals surface area contributed by atoms with Gasteiger partial charge in [0.15, 0.2) is 22.3 Å². The van der Waals surface area contributed by atoms with Gasteiger partial charge in [0.05, 0.1) is 25.0 Å². The number of hydrogen-bond donors (Lipinski definition) is 0. The average Bonchev–Trinajstić information content (AvgIpc) is 3.34. The Morgan fingerprint density at radius 1 is 1.05 bits per heavy atom. The van der Waals surface area contributed by atoms with Gasteiger partial charge in [-0.15, -0.1) is 11.8 Å². The Hall–Kier alpha value is -1.81. The van der Waals surface area contributed by atoms with E-state index in [0.717, 1.165) is 0 Å². The van der Waals surface area contributed by atoms with Crippen molar-refractivity contribution in [1.29, 1.82) is 10.5 Å². The van der Waals surface area contributed by atoms with Crippen molar-refractivity contribution in [2.75, 3.05) is 12.9 Å². The van der Waals surface area contributed by atoms with Gasteiger partial charge in [0.1, 0.15) is 34.6 Å². The van der Waals surface area contributed by atoms with Crippen LogP contribution >= 0.6 is 11.8 Å². The normalized spacial score (nSPS) is 26.9. The predicted octanol–water partition coefficient (Wildman–Crippen LogP) is 5.91. The summed E-state index contributed by atoms with van der Waals surface area (Å²) in [6.45, 7) is 23.6. The summed E-state index contributed by atoms with van der Waals surface area (Å²) >= 11 is 1.43. The standard InChI is InChI=1S/C26H42N6O3SSi2/c1-23(2,3)37(9,10)33-14-18-20(35-38(11,12)24(4,5)6)25(7,15-27)26(16-28,34-18)19-13-29-21-22(36-8)30-17-31-32(19)21/h13,17-18,20H,14H2,1-12H3/t18-,20-,25-,26+/m1/s1. The molecule has 208 valence electrons. The van der Waals surface area contributed by atoms with E-state index in [1.165, 1.54) is 18.1 Å². The summed E-state index contributed by atoms with van der Waals surface area (Å²) in [4.78, 5) is 8.83. The summed E-state index contributed by atoms with van der Waals surface area (Å²) in [7, 11) is -4.56. The minimum absolute atomic E-state index is 0.0149. The number of nitriles is 2. The predicted molar refractivity (Wildman–Crippen MR) is 154 cm³/mol. The van der Waals surface area contributed by atoms with E-state index in [2.05, 4.69) is 94.9 Å². The Balaban J connectivity index is 2.21. The molecule has 0 N–H and O–H groups in total. The highest BCUT2D eigenvalue weighted by atomic mass is 32.2. The Kier molecular flexibility index (Phi) is 8.08. The van der Waals surface area contributed by atoms with Gasteiger partial charge >= 0.3 is 0 Å². The zero-order valence-electron chi connectivity index (χ0n) is 24.8. The van der Waals surface area contributed by atoms with Crippen LogP contribution in [0.3, 0.4) is 0 Å². The second kappa shape index (κ2) is 9.99. The van der Waals surface area contributed by atoms with Gasteiger partial charge in [0.25, 0.3) is 0 Å². The molecule has 0 spiro atoms. The van der Waals surface area contributed by atoms with Gasteiger partial charge in [0, 0.05) is 0 Å². The van der Waals surface area contributed by atoms with Crippen LogP contribution in [0, 0.1) is 28.1 Å². The highest BCUT2D eigenvalue weighted by Crippen LogP contribution is 2.55. The zero-order valence-corrected chi connectivity index (χ0v) is 27.6. The van der Waals surface area contributed by atoms with Crippen LogP contribution in [-0.2, 0) is 19.2 Å². The molecule has 3 rings (SSSR count). The molecule has 1 aliphatic rings. The topological polar surface area (TPSA) is 118 Å². The van der Waals surface area contributed by atoms with Gasteiger partial charge in [-0.1, -0.05) is 41.5 Å². The number of rotatable bonds is 7. The molecule has 38 heavy (non-hydrogen) atoms. The maximum atomic E-state index is 10.8. The van der Waals surface area contributed by atoms with E-state index in [9.17, 15) is 10.5 Å². The number of hydrogen-bond acceptors (Lipinski definition) is 9. The SMILES string of the molecule is CSc1ncnn2c([C@]3(C#N)O[C@H](CO[Si](C)(C)C(C)(C)C)[C@@H](O[Si](C)(C)C(C)(C)C)[C@@]3(C)C#N)cnc12. The molecule has 0 amide bonds. The van der Waals surface area contributed by atoms with Gasteiger partial charge in [-0.05, 0) is 49.4 Å². The van der Waals surface area contributed by atoms with E-state index in [4.69, 9.17) is 13.6 Å². The Morgan fingerprint density at radius 2 is 1.66 bits per heavy atom. The lowest BCUT2D eigenvalue weighted by Gasteiger charge is -2.43. The van der Waals surface area contributed by atoms with E-state index in [1.54, 1.807) is 17.6 Å². The number of thioether (sulfide) groups is 1. The van der Waals surface area contributed by atoms with E-state index in [1.807, 2.05) is 6.26 Å². The first-order valence-corrected chi connectivity index (χ1v) is 19.9. The second-order valence-corrected chi connectivity index (χ2v) is 23.6. The maximum Gasteiger partial charge on any atom is 0.219 e. The van der Waals surface area contributed by atoms with Gasteiger partial charge < -0.3 is 13.6 Å². The second-order valence-electron chi connectivity index (χ2n) is 13.3. The summed E-state index contributed by atoms with van der Waals surface area (Å²) < 4.78 is 21.8. The Labute approximate surface area is 233 Å². The number of fused-ring (bicyclic) bond motifs is 1. The molecule has 3 heterocycles. The molecule has 0 aromatic carbocycles. The molecule has 9 nitrogen and oxygen atoms in total. The quantitative estimate of drug-likeness (QED) is 0.294. The van der Waals surface area contributed by atoms with Crippen molar-refractivity contribution < 1.29 is 13.6 Å². The molecule has 1 saturated heterocycles. The number of ether oxygens (including phenoxy) is 1. The van der Waals surface area contributed by atoms with E-state index >= 15 is 0 Å². The molecular weight excluding hydrogens is 533 g/mol. The van der Waals surface area contributed by atoms with Gasteiger partial charge in [-0.2, -0.15) is 15.6 Å². The first-order valence-electron chi connectivity index (χ1n) is 12.9. The van der Waals surface area contributed by atoms with Crippen molar-refractivity contribution in [3.05, 3.63) is 18.2 Å². The molecule has 0 bridgehead atoms. The third-order valence-corrected chi connectivity index (χ3v) is 18.5. The van der Waals surface area contributed by atoms with Gasteiger partial charge in [-0.25, -0.2) is 14.5 Å². The molecule has 2 aromatic rings. The van der Waals surface area contributed by atoms with Crippen LogP contribution in [0.15, 0.2) is 17.6 Å². The molecule has 0 unspecified atom stereocenters. The van der Waals surface area contributed by atoms with E-state index < -0.39 is 39.9 Å². The van der Waals surface area contributed by atoms with Gasteiger partial charge in [-0.3, -0.25) is 0 Å². The summed E-state index contributed by atoms with van der Waals surface area (Å²) in [5.74, 6) is 0. The molecule has 4 atom stereocenters. The van der Waals surface area contributed by atoms with Crippen LogP contribution < -0.4 is 0 Å². The van der Waals surface area contributed by atoms with Crippen LogP contribution in [0.5, 0.6) is 0 Å². The summed E-state index contributed by atoms with van der Waals surface area (Å²) in [5, 5.41) is 26.5. The third-order valence-electron chi connectivity index (χ3n) is 8.82. The third kappa shape index (κ3) is 4.84. The van der Waals surface area contributed by atoms with Crippen molar-refractivity contribution in [3.8, 4) is 12.1 Å². The fraction of sp³-hybridized carbons (Fsp3) is 0.731. The van der Waals surface area contributed by atoms with Crippen LogP contribution in [0.2, 0.25) is 36.3 Å². The van der Waals surface area contributed by atoms with E-state index in [0.29, 0.717) is 16.4 Å². The highest BCUT2D eigenvalue weighted by Gasteiger charge is 2.69. The van der Waals surface area contributed by atoms with Crippen LogP contribution in [0.25, 0.3) is 5.65 Å². The Bertz CT molecular complexity index is 1270. The molecular formula is C26H42N6O3SSi2. The molecule has 12 heteroatoms. The van der Waals surface area contributed by atoms with Crippen molar-refractivity contribution in [2.45, 2.75) is 108 Å². The van der Waals surface area contributed by atoms with E-state index in [-0.39, 0.29) is 16.7 Å². The molecule has 1 aliphatic heterocycles. The lowest BCUT2D eigenvalue weighted by Crippen LogP contribution is -2.53. The monoisotopic (exact) mass is 574 g/mol. The lowest BCUT2D eigenvalue weighted by atomic mass is 9.71. The van der Waals surface area contributed by atoms with Crippen molar-refractivity contribution in [2.24, 2.45) is 5.41 Å². The minimum Gasteiger partial charge on any atom is -0.414 e.